The van der Waals surface area contributed by atoms with E-state index in [-0.39, 0.29) is 18.4 Å². The van der Waals surface area contributed by atoms with E-state index in [9.17, 15) is 23.2 Å². The number of carbonyl (C=O) groups excluding carboxylic acids is 3. The number of pyridine rings is 1. The molecule has 32 heavy (non-hydrogen) atoms. The Morgan fingerprint density at radius 1 is 0.938 bits per heavy atom. The van der Waals surface area contributed by atoms with Crippen LogP contribution in [-0.2, 0) is 16.1 Å². The van der Waals surface area contributed by atoms with Gasteiger partial charge in [-0.3, -0.25) is 19.4 Å². The number of hydrogen-bond acceptors (Lipinski definition) is 4. The van der Waals surface area contributed by atoms with Gasteiger partial charge in [0.25, 0.3) is 5.91 Å². The van der Waals surface area contributed by atoms with Crippen LogP contribution >= 0.6 is 0 Å². The fraction of sp³-hybridized carbons (Fsp3) is 0.391. The monoisotopic (exact) mass is 442 g/mol. The SMILES string of the molecule is O=C(NCc1ccncc1)[C@@H]1CCCN1C(=O)[C@@H]1CCCN1C(=O)c1c(F)cccc1F. The Balaban J connectivity index is 1.46. The summed E-state index contributed by atoms with van der Waals surface area (Å²) in [4.78, 5) is 45.6. The number of likely N-dealkylation sites (tertiary alicyclic amines) is 2. The number of nitrogens with zero attached hydrogens (tertiary/aromatic N) is 3. The number of carbonyl (C=O) groups is 3. The highest BCUT2D eigenvalue weighted by molar-refractivity contribution is 5.99. The molecule has 2 fully saturated rings. The van der Waals surface area contributed by atoms with Crippen LogP contribution in [0, 0.1) is 11.6 Å². The number of hydrogen-bond donors (Lipinski definition) is 1. The van der Waals surface area contributed by atoms with E-state index < -0.39 is 35.2 Å². The van der Waals surface area contributed by atoms with Crippen molar-refractivity contribution < 1.29 is 23.2 Å². The van der Waals surface area contributed by atoms with Crippen LogP contribution in [0.5, 0.6) is 0 Å². The summed E-state index contributed by atoms with van der Waals surface area (Å²) in [6, 6.07) is 5.35. The van der Waals surface area contributed by atoms with Crippen molar-refractivity contribution in [2.45, 2.75) is 44.3 Å². The molecule has 2 aromatic rings. The van der Waals surface area contributed by atoms with Crippen LogP contribution in [0.3, 0.4) is 0 Å². The maximum Gasteiger partial charge on any atom is 0.260 e. The fourth-order valence-corrected chi connectivity index (χ4v) is 4.41. The van der Waals surface area contributed by atoms with Crippen molar-refractivity contribution in [3.8, 4) is 0 Å². The van der Waals surface area contributed by atoms with Gasteiger partial charge in [-0.15, -0.1) is 0 Å². The number of nitrogens with one attached hydrogen (secondary N) is 1. The van der Waals surface area contributed by atoms with E-state index in [0.717, 1.165) is 17.7 Å². The molecule has 7 nitrogen and oxygen atoms in total. The van der Waals surface area contributed by atoms with E-state index in [1.54, 1.807) is 24.5 Å². The number of amides is 3. The first-order valence-corrected chi connectivity index (χ1v) is 10.7. The van der Waals surface area contributed by atoms with Crippen LogP contribution in [0.2, 0.25) is 0 Å². The van der Waals surface area contributed by atoms with E-state index >= 15 is 0 Å². The second kappa shape index (κ2) is 9.42. The summed E-state index contributed by atoms with van der Waals surface area (Å²) in [6.45, 7) is 0.953. The third-order valence-electron chi connectivity index (χ3n) is 6.03. The van der Waals surface area contributed by atoms with Gasteiger partial charge in [-0.2, -0.15) is 0 Å². The third-order valence-corrected chi connectivity index (χ3v) is 6.03. The summed E-state index contributed by atoms with van der Waals surface area (Å²) in [7, 11) is 0. The molecule has 1 aromatic carbocycles. The van der Waals surface area contributed by atoms with Gasteiger partial charge < -0.3 is 15.1 Å². The molecule has 2 aliphatic heterocycles. The first-order valence-electron chi connectivity index (χ1n) is 10.7. The van der Waals surface area contributed by atoms with Crippen LogP contribution in [0.15, 0.2) is 42.7 Å². The Labute approximate surface area is 184 Å². The molecular weight excluding hydrogens is 418 g/mol. The molecular formula is C23H24F2N4O3. The molecule has 0 bridgehead atoms. The molecule has 0 saturated carbocycles. The molecule has 3 heterocycles. The van der Waals surface area contributed by atoms with E-state index in [1.807, 2.05) is 0 Å². The average molecular weight is 442 g/mol. The summed E-state index contributed by atoms with van der Waals surface area (Å²) in [5.74, 6) is -3.36. The molecule has 0 aliphatic carbocycles. The van der Waals surface area contributed by atoms with Crippen molar-refractivity contribution in [2.24, 2.45) is 0 Å². The second-order valence-electron chi connectivity index (χ2n) is 8.02. The number of rotatable bonds is 5. The summed E-state index contributed by atoms with van der Waals surface area (Å²) in [6.07, 6.45) is 5.40. The van der Waals surface area contributed by atoms with Crippen molar-refractivity contribution in [3.05, 3.63) is 65.5 Å². The molecule has 9 heteroatoms. The Hall–Kier alpha value is -3.36. The third kappa shape index (κ3) is 4.32. The molecule has 2 atom stereocenters. The second-order valence-corrected chi connectivity index (χ2v) is 8.02. The van der Waals surface area contributed by atoms with E-state index in [0.29, 0.717) is 38.8 Å². The molecule has 0 spiro atoms. The molecule has 1 N–H and O–H groups in total. The van der Waals surface area contributed by atoms with Crippen molar-refractivity contribution in [1.82, 2.24) is 20.1 Å². The van der Waals surface area contributed by atoms with Gasteiger partial charge in [0, 0.05) is 32.0 Å². The van der Waals surface area contributed by atoms with Crippen LogP contribution < -0.4 is 5.32 Å². The standard InChI is InChI=1S/C23H24F2N4O3/c24-16-4-1-5-17(25)20(16)23(32)29-13-3-7-19(29)22(31)28-12-2-6-18(28)21(30)27-14-15-8-10-26-11-9-15/h1,4-5,8-11,18-19H,2-3,6-7,12-14H2,(H,27,30)/t18-,19-/m0/s1. The van der Waals surface area contributed by atoms with Crippen molar-refractivity contribution in [2.75, 3.05) is 13.1 Å². The molecule has 0 radical (unpaired) electrons. The normalized spacial score (nSPS) is 20.4. The summed E-state index contributed by atoms with van der Waals surface area (Å²) < 4.78 is 28.3. The lowest BCUT2D eigenvalue weighted by Gasteiger charge is -2.31. The highest BCUT2D eigenvalue weighted by atomic mass is 19.1. The maximum atomic E-state index is 14.1. The minimum absolute atomic E-state index is 0.232. The Morgan fingerprint density at radius 3 is 2.25 bits per heavy atom. The van der Waals surface area contributed by atoms with Gasteiger partial charge in [0.1, 0.15) is 29.3 Å². The minimum Gasteiger partial charge on any atom is -0.350 e. The summed E-state index contributed by atoms with van der Waals surface area (Å²) in [5, 5.41) is 2.85. The molecule has 1 aromatic heterocycles. The van der Waals surface area contributed by atoms with Gasteiger partial charge in [0.2, 0.25) is 11.8 Å². The first kappa shape index (κ1) is 21.9. The number of halogens is 2. The minimum atomic E-state index is -0.956. The maximum absolute atomic E-state index is 14.1. The van der Waals surface area contributed by atoms with Gasteiger partial charge in [-0.05, 0) is 55.5 Å². The predicted octanol–water partition coefficient (Wildman–Crippen LogP) is 2.27. The molecule has 168 valence electrons. The number of benzene rings is 1. The average Bonchev–Trinajstić information content (AvgIpc) is 3.47. The van der Waals surface area contributed by atoms with Gasteiger partial charge in [0.05, 0.1) is 0 Å². The number of aromatic nitrogens is 1. The van der Waals surface area contributed by atoms with Crippen LogP contribution in [0.25, 0.3) is 0 Å². The summed E-state index contributed by atoms with van der Waals surface area (Å²) in [5.41, 5.74) is 0.240. The van der Waals surface area contributed by atoms with E-state index in [4.69, 9.17) is 0 Å². The van der Waals surface area contributed by atoms with E-state index in [2.05, 4.69) is 10.3 Å². The van der Waals surface area contributed by atoms with Crippen LogP contribution in [0.1, 0.15) is 41.6 Å². The quantitative estimate of drug-likeness (QED) is 0.770. The zero-order chi connectivity index (χ0) is 22.7. The molecule has 4 rings (SSSR count). The van der Waals surface area contributed by atoms with Gasteiger partial charge in [0.15, 0.2) is 0 Å². The van der Waals surface area contributed by atoms with Crippen molar-refractivity contribution in [1.29, 1.82) is 0 Å². The Kier molecular flexibility index (Phi) is 6.43. The zero-order valence-corrected chi connectivity index (χ0v) is 17.5. The summed E-state index contributed by atoms with van der Waals surface area (Å²) >= 11 is 0. The molecule has 3 amide bonds. The van der Waals surface area contributed by atoms with Crippen molar-refractivity contribution in [3.63, 3.8) is 0 Å². The van der Waals surface area contributed by atoms with Crippen LogP contribution in [0.4, 0.5) is 8.78 Å². The molecule has 2 saturated heterocycles. The van der Waals surface area contributed by atoms with Gasteiger partial charge in [-0.25, -0.2) is 8.78 Å². The smallest absolute Gasteiger partial charge is 0.260 e. The lowest BCUT2D eigenvalue weighted by Crippen LogP contribution is -2.53. The lowest BCUT2D eigenvalue weighted by molar-refractivity contribution is -0.141. The Morgan fingerprint density at radius 2 is 1.56 bits per heavy atom. The van der Waals surface area contributed by atoms with Crippen molar-refractivity contribution >= 4 is 17.7 Å². The topological polar surface area (TPSA) is 82.6 Å². The highest BCUT2D eigenvalue weighted by Crippen LogP contribution is 2.27. The Bertz CT molecular complexity index is 997. The van der Waals surface area contributed by atoms with Crippen LogP contribution in [-0.4, -0.2) is 57.7 Å². The predicted molar refractivity (Wildman–Crippen MR) is 111 cm³/mol. The first-order chi connectivity index (χ1) is 15.5. The largest absolute Gasteiger partial charge is 0.350 e. The van der Waals surface area contributed by atoms with Gasteiger partial charge in [-0.1, -0.05) is 6.07 Å². The highest BCUT2D eigenvalue weighted by Gasteiger charge is 2.42. The fourth-order valence-electron chi connectivity index (χ4n) is 4.41. The molecule has 2 aliphatic rings. The van der Waals surface area contributed by atoms with Gasteiger partial charge >= 0.3 is 0 Å². The van der Waals surface area contributed by atoms with E-state index in [1.165, 1.54) is 15.9 Å². The lowest BCUT2D eigenvalue weighted by atomic mass is 10.1. The molecule has 0 unspecified atom stereocenters. The zero-order valence-electron chi connectivity index (χ0n) is 17.5.